The van der Waals surface area contributed by atoms with Crippen molar-refractivity contribution in [2.24, 2.45) is 0 Å². The van der Waals surface area contributed by atoms with Crippen molar-refractivity contribution in [2.45, 2.75) is 34.2 Å². The highest BCUT2D eigenvalue weighted by molar-refractivity contribution is 7.16. The summed E-state index contributed by atoms with van der Waals surface area (Å²) in [7, 11) is 0. The van der Waals surface area contributed by atoms with Gasteiger partial charge >= 0.3 is 5.97 Å². The molecule has 0 aliphatic heterocycles. The molecule has 1 amide bonds. The first kappa shape index (κ1) is 19.6. The van der Waals surface area contributed by atoms with Crippen LogP contribution in [0.3, 0.4) is 0 Å². The van der Waals surface area contributed by atoms with Crippen LogP contribution < -0.4 is 10.2 Å². The lowest BCUT2D eigenvalue weighted by atomic mass is 10.1. The lowest BCUT2D eigenvalue weighted by Gasteiger charge is -2.16. The number of aryl methyl sites for hydroxylation is 1. The zero-order valence-electron chi connectivity index (χ0n) is 15.1. The van der Waals surface area contributed by atoms with Crippen molar-refractivity contribution in [3.8, 4) is 0 Å². The van der Waals surface area contributed by atoms with Crippen LogP contribution in [0.5, 0.6) is 0 Å². The van der Waals surface area contributed by atoms with E-state index < -0.39 is 0 Å². The van der Waals surface area contributed by atoms with E-state index in [1.807, 2.05) is 25.3 Å². The van der Waals surface area contributed by atoms with Gasteiger partial charge in [-0.25, -0.2) is 4.79 Å². The molecular weight excluding hydrogens is 356 g/mol. The predicted molar refractivity (Wildman–Crippen MR) is 103 cm³/mol. The Morgan fingerprint density at radius 3 is 2.64 bits per heavy atom. The molecule has 2 aromatic rings. The molecule has 0 aliphatic carbocycles. The Morgan fingerprint density at radius 1 is 1.28 bits per heavy atom. The molecule has 2 N–H and O–H groups in total. The van der Waals surface area contributed by atoms with Gasteiger partial charge in [-0.2, -0.15) is 0 Å². The average molecular weight is 382 g/mol. The number of carbonyl (C=O) groups excluding carboxylic acids is 2. The number of nitrogens with one attached hydrogen (secondary N) is 2. The number of esters is 1. The van der Waals surface area contributed by atoms with Crippen molar-refractivity contribution in [3.05, 3.63) is 38.4 Å². The molecular formula is C18H25N2O3S2+. The SMILES string of the molecule is CCOC(=O)c1c(NC(=O)C[NH+](CC)Cc2cccs2)sc(C)c1C. The quantitative estimate of drug-likeness (QED) is 0.691. The van der Waals surface area contributed by atoms with Gasteiger partial charge in [0.15, 0.2) is 6.54 Å². The minimum Gasteiger partial charge on any atom is -0.462 e. The highest BCUT2D eigenvalue weighted by atomic mass is 32.1. The number of anilines is 1. The van der Waals surface area contributed by atoms with E-state index in [0.717, 1.165) is 23.5 Å². The second kappa shape index (κ2) is 9.12. The van der Waals surface area contributed by atoms with E-state index in [9.17, 15) is 9.59 Å². The first-order valence-corrected chi connectivity index (χ1v) is 10.1. The molecule has 5 nitrogen and oxygen atoms in total. The van der Waals surface area contributed by atoms with Gasteiger partial charge in [0.05, 0.1) is 23.6 Å². The second-order valence-electron chi connectivity index (χ2n) is 5.79. The average Bonchev–Trinajstić information content (AvgIpc) is 3.16. The largest absolute Gasteiger partial charge is 0.462 e. The maximum Gasteiger partial charge on any atom is 0.341 e. The fourth-order valence-corrected chi connectivity index (χ4v) is 4.38. The minimum absolute atomic E-state index is 0.0831. The van der Waals surface area contributed by atoms with Crippen LogP contribution >= 0.6 is 22.7 Å². The fraction of sp³-hybridized carbons (Fsp3) is 0.444. The van der Waals surface area contributed by atoms with Crippen LogP contribution in [0.1, 0.15) is 39.5 Å². The Labute approximate surface area is 156 Å². The molecule has 2 aromatic heterocycles. The van der Waals surface area contributed by atoms with Gasteiger partial charge in [-0.3, -0.25) is 4.79 Å². The van der Waals surface area contributed by atoms with Gasteiger partial charge < -0.3 is 15.0 Å². The molecule has 25 heavy (non-hydrogen) atoms. The standard InChI is InChI=1S/C18H24N2O3S2/c1-5-20(10-14-8-7-9-24-14)11-15(21)19-17-16(18(22)23-6-2)12(3)13(4)25-17/h7-9H,5-6,10-11H2,1-4H3,(H,19,21)/p+1. The maximum atomic E-state index is 12.5. The summed E-state index contributed by atoms with van der Waals surface area (Å²) in [4.78, 5) is 28.1. The molecule has 2 heterocycles. The summed E-state index contributed by atoms with van der Waals surface area (Å²) in [5.41, 5.74) is 1.35. The molecule has 0 radical (unpaired) electrons. The number of likely N-dealkylation sites (N-methyl/N-ethyl adjacent to an activating group) is 1. The molecule has 0 saturated carbocycles. The van der Waals surface area contributed by atoms with E-state index >= 15 is 0 Å². The molecule has 0 bridgehead atoms. The third-order valence-corrected chi connectivity index (χ3v) is 6.03. The van der Waals surface area contributed by atoms with Crippen molar-refractivity contribution in [3.63, 3.8) is 0 Å². The van der Waals surface area contributed by atoms with Gasteiger partial charge in [0.25, 0.3) is 5.91 Å². The number of thiophene rings is 2. The fourth-order valence-electron chi connectivity index (χ4n) is 2.53. The lowest BCUT2D eigenvalue weighted by molar-refractivity contribution is -0.903. The third-order valence-electron chi connectivity index (χ3n) is 4.03. The van der Waals surface area contributed by atoms with Crippen LogP contribution in [-0.4, -0.2) is 31.6 Å². The zero-order chi connectivity index (χ0) is 18.4. The molecule has 1 atom stereocenters. The molecule has 0 aliphatic rings. The van der Waals surface area contributed by atoms with E-state index in [2.05, 4.69) is 18.3 Å². The van der Waals surface area contributed by atoms with Gasteiger partial charge in [0.1, 0.15) is 11.5 Å². The summed E-state index contributed by atoms with van der Waals surface area (Å²) >= 11 is 3.13. The third kappa shape index (κ3) is 5.14. The molecule has 7 heteroatoms. The summed E-state index contributed by atoms with van der Waals surface area (Å²) in [6.45, 7) is 10.0. The molecule has 0 saturated heterocycles. The Bertz CT molecular complexity index is 723. The number of rotatable bonds is 8. The van der Waals surface area contributed by atoms with Crippen molar-refractivity contribution in [1.29, 1.82) is 0 Å². The molecule has 1 unspecified atom stereocenters. The number of hydrogen-bond acceptors (Lipinski definition) is 5. The van der Waals surface area contributed by atoms with Crippen LogP contribution in [0.2, 0.25) is 0 Å². The van der Waals surface area contributed by atoms with Crippen LogP contribution in [0.25, 0.3) is 0 Å². The normalized spacial score (nSPS) is 12.0. The Morgan fingerprint density at radius 2 is 2.04 bits per heavy atom. The van der Waals surface area contributed by atoms with Gasteiger partial charge in [0.2, 0.25) is 0 Å². The van der Waals surface area contributed by atoms with Crippen molar-refractivity contribution < 1.29 is 19.2 Å². The Balaban J connectivity index is 2.06. The van der Waals surface area contributed by atoms with E-state index in [1.165, 1.54) is 21.1 Å². The summed E-state index contributed by atoms with van der Waals surface area (Å²) in [5.74, 6) is -0.460. The topological polar surface area (TPSA) is 59.8 Å². The Kier molecular flexibility index (Phi) is 7.16. The molecule has 0 aromatic carbocycles. The first-order valence-electron chi connectivity index (χ1n) is 8.39. The van der Waals surface area contributed by atoms with E-state index in [4.69, 9.17) is 4.74 Å². The molecule has 2 rings (SSSR count). The zero-order valence-corrected chi connectivity index (χ0v) is 16.7. The van der Waals surface area contributed by atoms with Gasteiger partial charge in [-0.15, -0.1) is 22.7 Å². The van der Waals surface area contributed by atoms with Crippen LogP contribution in [-0.2, 0) is 16.1 Å². The summed E-state index contributed by atoms with van der Waals surface area (Å²) in [6.07, 6.45) is 0. The molecule has 0 spiro atoms. The van der Waals surface area contributed by atoms with E-state index in [-0.39, 0.29) is 11.9 Å². The van der Waals surface area contributed by atoms with Gasteiger partial charge in [0, 0.05) is 4.88 Å². The van der Waals surface area contributed by atoms with Gasteiger partial charge in [-0.05, 0) is 44.7 Å². The maximum absolute atomic E-state index is 12.5. The molecule has 136 valence electrons. The number of hydrogen-bond donors (Lipinski definition) is 2. The van der Waals surface area contributed by atoms with Crippen LogP contribution in [0, 0.1) is 13.8 Å². The first-order chi connectivity index (χ1) is 12.0. The lowest BCUT2D eigenvalue weighted by Crippen LogP contribution is -3.11. The summed E-state index contributed by atoms with van der Waals surface area (Å²) in [6, 6.07) is 4.11. The predicted octanol–water partition coefficient (Wildman–Crippen LogP) is 2.65. The Hall–Kier alpha value is -1.70. The van der Waals surface area contributed by atoms with Crippen LogP contribution in [0.4, 0.5) is 5.00 Å². The second-order valence-corrected chi connectivity index (χ2v) is 8.05. The number of ether oxygens (including phenoxy) is 1. The van der Waals surface area contributed by atoms with E-state index in [1.54, 1.807) is 18.3 Å². The summed E-state index contributed by atoms with van der Waals surface area (Å²) < 4.78 is 5.13. The number of amides is 1. The van der Waals surface area contributed by atoms with E-state index in [0.29, 0.717) is 23.7 Å². The van der Waals surface area contributed by atoms with Gasteiger partial charge in [-0.1, -0.05) is 6.07 Å². The number of carbonyl (C=O) groups is 2. The molecule has 0 fully saturated rings. The van der Waals surface area contributed by atoms with Crippen molar-refractivity contribution in [2.75, 3.05) is 25.0 Å². The van der Waals surface area contributed by atoms with Crippen LogP contribution in [0.15, 0.2) is 17.5 Å². The smallest absolute Gasteiger partial charge is 0.341 e. The monoisotopic (exact) mass is 381 g/mol. The van der Waals surface area contributed by atoms with Crippen molar-refractivity contribution >= 4 is 39.6 Å². The summed E-state index contributed by atoms with van der Waals surface area (Å²) in [5, 5.41) is 5.55. The minimum atomic E-state index is -0.377. The van der Waals surface area contributed by atoms with Crippen molar-refractivity contribution in [1.82, 2.24) is 0 Å². The highest BCUT2D eigenvalue weighted by Crippen LogP contribution is 2.32. The number of quaternary nitrogens is 1. The highest BCUT2D eigenvalue weighted by Gasteiger charge is 2.23.